The van der Waals surface area contributed by atoms with Gasteiger partial charge in [0.25, 0.3) is 0 Å². The van der Waals surface area contributed by atoms with E-state index in [4.69, 9.17) is 0 Å². The van der Waals surface area contributed by atoms with E-state index in [9.17, 15) is 23.1 Å². The minimum atomic E-state index is -4.47. The lowest BCUT2D eigenvalue weighted by Crippen LogP contribution is -2.26. The molecule has 1 aromatic carbocycles. The molecule has 2 heterocycles. The first kappa shape index (κ1) is 22.8. The van der Waals surface area contributed by atoms with Crippen molar-refractivity contribution in [1.82, 2.24) is 9.97 Å². The Morgan fingerprint density at radius 1 is 0.909 bits per heavy atom. The maximum Gasteiger partial charge on any atom is 0.433 e. The van der Waals surface area contributed by atoms with Crippen LogP contribution in [0.1, 0.15) is 49.3 Å². The number of anilines is 2. The summed E-state index contributed by atoms with van der Waals surface area (Å²) in [6.45, 7) is 0. The molecule has 0 spiro atoms. The number of aliphatic carboxylic acids is 1. The lowest BCUT2D eigenvalue weighted by Gasteiger charge is -2.29. The molecule has 1 aliphatic rings. The van der Waals surface area contributed by atoms with Gasteiger partial charge in [0.15, 0.2) is 0 Å². The third-order valence-corrected chi connectivity index (χ3v) is 6.11. The summed E-state index contributed by atoms with van der Waals surface area (Å²) in [6, 6.07) is 14.2. The molecule has 8 heteroatoms. The second kappa shape index (κ2) is 9.60. The zero-order chi connectivity index (χ0) is 23.4. The zero-order valence-electron chi connectivity index (χ0n) is 17.8. The first-order valence-electron chi connectivity index (χ1n) is 10.8. The van der Waals surface area contributed by atoms with Gasteiger partial charge in [0, 0.05) is 17.7 Å². The summed E-state index contributed by atoms with van der Waals surface area (Å²) in [4.78, 5) is 18.6. The second-order valence-electron chi connectivity index (χ2n) is 8.40. The van der Waals surface area contributed by atoms with E-state index in [1.54, 1.807) is 12.3 Å². The van der Waals surface area contributed by atoms with Crippen molar-refractivity contribution in [3.63, 3.8) is 0 Å². The molecular weight excluding hydrogens is 431 g/mol. The van der Waals surface area contributed by atoms with Crippen LogP contribution in [-0.2, 0) is 11.0 Å². The van der Waals surface area contributed by atoms with Crippen molar-refractivity contribution in [3.05, 3.63) is 72.2 Å². The summed E-state index contributed by atoms with van der Waals surface area (Å²) in [6.07, 6.45) is 2.31. The predicted octanol–water partition coefficient (Wildman–Crippen LogP) is 5.32. The molecule has 1 aliphatic carbocycles. The Balaban J connectivity index is 1.36. The van der Waals surface area contributed by atoms with Crippen molar-refractivity contribution in [2.24, 2.45) is 5.92 Å². The molecule has 0 atom stereocenters. The highest BCUT2D eigenvalue weighted by Gasteiger charge is 2.32. The van der Waals surface area contributed by atoms with Gasteiger partial charge in [-0.05, 0) is 79.3 Å². The lowest BCUT2D eigenvalue weighted by molar-refractivity contribution is -0.307. The van der Waals surface area contributed by atoms with Crippen LogP contribution in [-0.4, -0.2) is 15.9 Å². The molecule has 33 heavy (non-hydrogen) atoms. The van der Waals surface area contributed by atoms with Gasteiger partial charge < -0.3 is 15.2 Å². The molecule has 0 saturated heterocycles. The quantitative estimate of drug-likeness (QED) is 0.546. The first-order valence-corrected chi connectivity index (χ1v) is 10.8. The van der Waals surface area contributed by atoms with Crippen molar-refractivity contribution in [3.8, 4) is 11.1 Å². The summed E-state index contributed by atoms with van der Waals surface area (Å²) in [7, 11) is 0. The topological polar surface area (TPSA) is 77.9 Å². The summed E-state index contributed by atoms with van der Waals surface area (Å²) in [5.74, 6) is 0.208. The molecule has 1 N–H and O–H groups in total. The number of carboxylic acid groups (broad SMARTS) is 1. The van der Waals surface area contributed by atoms with E-state index in [1.165, 1.54) is 11.6 Å². The fourth-order valence-electron chi connectivity index (χ4n) is 4.31. The third-order valence-electron chi connectivity index (χ3n) is 6.11. The molecule has 3 aromatic rings. The van der Waals surface area contributed by atoms with Crippen LogP contribution in [0.5, 0.6) is 0 Å². The van der Waals surface area contributed by atoms with E-state index in [0.29, 0.717) is 17.4 Å². The number of carboxylic acids is 1. The first-order chi connectivity index (χ1) is 15.8. The van der Waals surface area contributed by atoms with Crippen LogP contribution < -0.4 is 10.4 Å². The van der Waals surface area contributed by atoms with E-state index in [0.717, 1.165) is 49.1 Å². The van der Waals surface area contributed by atoms with Crippen molar-refractivity contribution < 1.29 is 23.1 Å². The number of nitrogens with zero attached hydrogens (tertiary/aromatic N) is 2. The van der Waals surface area contributed by atoms with Crippen LogP contribution in [0.2, 0.25) is 0 Å². The average Bonchev–Trinajstić information content (AvgIpc) is 2.80. The van der Waals surface area contributed by atoms with E-state index in [-0.39, 0.29) is 12.3 Å². The highest BCUT2D eigenvalue weighted by Crippen LogP contribution is 2.37. The highest BCUT2D eigenvalue weighted by atomic mass is 19.4. The summed E-state index contributed by atoms with van der Waals surface area (Å²) >= 11 is 0. The number of hydrogen-bond donors (Lipinski definition) is 1. The molecule has 0 bridgehead atoms. The number of carbonyl (C=O) groups is 1. The Kier molecular flexibility index (Phi) is 6.62. The molecule has 2 aromatic heterocycles. The lowest BCUT2D eigenvalue weighted by atomic mass is 9.77. The van der Waals surface area contributed by atoms with Gasteiger partial charge in [0.05, 0.1) is 11.9 Å². The monoisotopic (exact) mass is 454 g/mol. The predicted molar refractivity (Wildman–Crippen MR) is 117 cm³/mol. The summed E-state index contributed by atoms with van der Waals surface area (Å²) in [5, 5.41) is 13.7. The Bertz CT molecular complexity index is 1070. The van der Waals surface area contributed by atoms with E-state index >= 15 is 0 Å². The average molecular weight is 454 g/mol. The summed E-state index contributed by atoms with van der Waals surface area (Å²) < 4.78 is 37.9. The van der Waals surface area contributed by atoms with Crippen LogP contribution in [0.4, 0.5) is 24.7 Å². The minimum absolute atomic E-state index is 0.152. The number of alkyl halides is 3. The van der Waals surface area contributed by atoms with Gasteiger partial charge in [0.1, 0.15) is 11.5 Å². The Morgan fingerprint density at radius 3 is 2.15 bits per heavy atom. The molecule has 5 nitrogen and oxygen atoms in total. The van der Waals surface area contributed by atoms with E-state index in [1.807, 2.05) is 18.2 Å². The molecule has 1 fully saturated rings. The van der Waals surface area contributed by atoms with E-state index in [2.05, 4.69) is 27.4 Å². The van der Waals surface area contributed by atoms with Gasteiger partial charge in [-0.2, -0.15) is 13.2 Å². The number of carbonyl (C=O) groups excluding carboxylic acids is 1. The Morgan fingerprint density at radius 2 is 1.61 bits per heavy atom. The molecular formula is C25H23F3N3O2-. The number of halogens is 3. The summed E-state index contributed by atoms with van der Waals surface area (Å²) in [5.41, 5.74) is 2.67. The fourth-order valence-corrected chi connectivity index (χ4v) is 4.31. The molecule has 1 saturated carbocycles. The number of nitrogens with one attached hydrogen (secondary N) is 1. The standard InChI is InChI=1S/C25H24F3N3O2/c26-25(27,28)22-11-10-21(15-29-22)31-23-12-9-20(14-30-23)19-7-5-18(6-8-19)17-3-1-16(2-4-17)13-24(32)33/h5-12,14-17H,1-4,13H2,(H,30,31)(H,32,33)/p-1. The van der Waals surface area contributed by atoms with Gasteiger partial charge >= 0.3 is 6.18 Å². The van der Waals surface area contributed by atoms with Crippen LogP contribution in [0.25, 0.3) is 11.1 Å². The van der Waals surface area contributed by atoms with Crippen molar-refractivity contribution in [2.75, 3.05) is 5.32 Å². The van der Waals surface area contributed by atoms with Gasteiger partial charge in [-0.3, -0.25) is 0 Å². The number of rotatable bonds is 6. The van der Waals surface area contributed by atoms with Gasteiger partial charge in [-0.15, -0.1) is 0 Å². The maximum atomic E-state index is 12.6. The molecule has 4 rings (SSSR count). The maximum absolute atomic E-state index is 12.6. The van der Waals surface area contributed by atoms with Crippen LogP contribution in [0.3, 0.4) is 0 Å². The number of hydrogen-bond acceptors (Lipinski definition) is 5. The van der Waals surface area contributed by atoms with Gasteiger partial charge in [-0.25, -0.2) is 9.97 Å². The highest BCUT2D eigenvalue weighted by molar-refractivity contribution is 5.66. The normalized spacial score (nSPS) is 18.6. The van der Waals surface area contributed by atoms with Gasteiger partial charge in [0.2, 0.25) is 0 Å². The molecule has 0 unspecified atom stereocenters. The minimum Gasteiger partial charge on any atom is -0.550 e. The largest absolute Gasteiger partial charge is 0.550 e. The second-order valence-corrected chi connectivity index (χ2v) is 8.40. The molecule has 172 valence electrons. The smallest absolute Gasteiger partial charge is 0.433 e. The zero-order valence-corrected chi connectivity index (χ0v) is 17.8. The SMILES string of the molecule is O=C([O-])CC1CCC(c2ccc(-c3ccc(Nc4ccc(C(F)(F)F)nc4)nc3)cc2)CC1. The molecule has 0 amide bonds. The van der Waals surface area contributed by atoms with Crippen molar-refractivity contribution in [1.29, 1.82) is 0 Å². The molecule has 0 aliphatic heterocycles. The third kappa shape index (κ3) is 5.88. The number of pyridine rings is 2. The Hall–Kier alpha value is -3.42. The Labute approximate surface area is 189 Å². The van der Waals surface area contributed by atoms with Crippen LogP contribution in [0.15, 0.2) is 60.9 Å². The number of aromatic nitrogens is 2. The van der Waals surface area contributed by atoms with Crippen molar-refractivity contribution in [2.45, 2.75) is 44.2 Å². The van der Waals surface area contributed by atoms with Crippen LogP contribution >= 0.6 is 0 Å². The van der Waals surface area contributed by atoms with E-state index < -0.39 is 17.8 Å². The number of benzene rings is 1. The molecule has 0 radical (unpaired) electrons. The fraction of sp³-hybridized carbons (Fsp3) is 0.320. The van der Waals surface area contributed by atoms with Crippen LogP contribution in [0, 0.1) is 5.92 Å². The van der Waals surface area contributed by atoms with Crippen molar-refractivity contribution >= 4 is 17.5 Å². The van der Waals surface area contributed by atoms with Gasteiger partial charge in [-0.1, -0.05) is 24.3 Å².